The SMILES string of the molecule is CCOC(C)(OCC)P(C)(=O)[O-].[Na+]. The number of rotatable bonds is 5. The van der Waals surface area contributed by atoms with Crippen LogP contribution in [0, 0.1) is 0 Å². The van der Waals surface area contributed by atoms with Gasteiger partial charge in [-0.3, -0.25) is 0 Å². The van der Waals surface area contributed by atoms with E-state index in [1.807, 2.05) is 0 Å². The molecule has 4 nitrogen and oxygen atoms in total. The number of hydrogen-bond donors (Lipinski definition) is 0. The summed E-state index contributed by atoms with van der Waals surface area (Å²) in [7, 11) is -3.62. The van der Waals surface area contributed by atoms with Gasteiger partial charge < -0.3 is 18.9 Å². The molecule has 0 amide bonds. The molecule has 1 atom stereocenters. The standard InChI is InChI=1S/C7H17O4P.Na/c1-5-10-7(3,11-6-2)12(4,8)9;/h5-6H2,1-4H3,(H,8,9);/q;+1/p-1. The van der Waals surface area contributed by atoms with Gasteiger partial charge >= 0.3 is 29.6 Å². The van der Waals surface area contributed by atoms with Gasteiger partial charge in [0.2, 0.25) is 5.53 Å². The van der Waals surface area contributed by atoms with Crippen molar-refractivity contribution in [2.45, 2.75) is 26.3 Å². The summed E-state index contributed by atoms with van der Waals surface area (Å²) in [5.41, 5.74) is -1.46. The Hall–Kier alpha value is 1.11. The van der Waals surface area contributed by atoms with E-state index in [-0.39, 0.29) is 29.6 Å². The number of hydrogen-bond acceptors (Lipinski definition) is 4. The van der Waals surface area contributed by atoms with E-state index >= 15 is 0 Å². The van der Waals surface area contributed by atoms with Crippen LogP contribution in [-0.2, 0) is 14.0 Å². The Morgan fingerprint density at radius 3 is 1.77 bits per heavy atom. The molecule has 0 saturated heterocycles. The normalized spacial score (nSPS) is 16.1. The molecule has 0 aliphatic carbocycles. The van der Waals surface area contributed by atoms with Crippen molar-refractivity contribution in [3.05, 3.63) is 0 Å². The van der Waals surface area contributed by atoms with Crippen LogP contribution in [0.4, 0.5) is 0 Å². The van der Waals surface area contributed by atoms with Crippen molar-refractivity contribution in [3.8, 4) is 0 Å². The third kappa shape index (κ3) is 4.93. The van der Waals surface area contributed by atoms with E-state index in [1.54, 1.807) is 13.8 Å². The van der Waals surface area contributed by atoms with Gasteiger partial charge in [-0.2, -0.15) is 0 Å². The minimum Gasteiger partial charge on any atom is -0.796 e. The maximum absolute atomic E-state index is 11.2. The maximum atomic E-state index is 11.2. The third-order valence-electron chi connectivity index (χ3n) is 1.56. The van der Waals surface area contributed by atoms with E-state index in [2.05, 4.69) is 0 Å². The second kappa shape index (κ2) is 6.57. The zero-order valence-electron chi connectivity index (χ0n) is 8.99. The zero-order chi connectivity index (χ0) is 9.83. The molecular formula is C7H16NaO4P. The molecule has 0 spiro atoms. The first kappa shape index (κ1) is 16.5. The first-order valence-electron chi connectivity index (χ1n) is 3.94. The van der Waals surface area contributed by atoms with Gasteiger partial charge in [0.15, 0.2) is 0 Å². The fourth-order valence-corrected chi connectivity index (χ4v) is 1.54. The largest absolute Gasteiger partial charge is 1.00 e. The van der Waals surface area contributed by atoms with Crippen LogP contribution in [0.1, 0.15) is 20.8 Å². The van der Waals surface area contributed by atoms with Crippen LogP contribution in [0.3, 0.4) is 0 Å². The second-order valence-corrected chi connectivity index (χ2v) is 5.11. The van der Waals surface area contributed by atoms with E-state index in [0.717, 1.165) is 6.66 Å². The Morgan fingerprint density at radius 1 is 1.31 bits per heavy atom. The fraction of sp³-hybridized carbons (Fsp3) is 1.00. The van der Waals surface area contributed by atoms with Crippen LogP contribution in [-0.4, -0.2) is 25.4 Å². The summed E-state index contributed by atoms with van der Waals surface area (Å²) in [6.45, 7) is 6.64. The van der Waals surface area contributed by atoms with Crippen molar-refractivity contribution in [1.29, 1.82) is 0 Å². The summed E-state index contributed by atoms with van der Waals surface area (Å²) in [5.74, 6) is 0. The van der Waals surface area contributed by atoms with Gasteiger partial charge in [-0.25, -0.2) is 0 Å². The third-order valence-corrected chi connectivity index (χ3v) is 3.30. The monoisotopic (exact) mass is 218 g/mol. The van der Waals surface area contributed by atoms with Crippen LogP contribution < -0.4 is 34.5 Å². The van der Waals surface area contributed by atoms with Crippen molar-refractivity contribution in [1.82, 2.24) is 0 Å². The van der Waals surface area contributed by atoms with E-state index < -0.39 is 12.9 Å². The van der Waals surface area contributed by atoms with Crippen molar-refractivity contribution in [2.24, 2.45) is 0 Å². The molecule has 0 radical (unpaired) electrons. The van der Waals surface area contributed by atoms with Crippen LogP contribution in [0.25, 0.3) is 0 Å². The van der Waals surface area contributed by atoms with Gasteiger partial charge in [0, 0.05) is 13.2 Å². The predicted molar refractivity (Wildman–Crippen MR) is 45.2 cm³/mol. The van der Waals surface area contributed by atoms with Crippen LogP contribution in [0.15, 0.2) is 0 Å². The van der Waals surface area contributed by atoms with Gasteiger partial charge in [0.25, 0.3) is 0 Å². The van der Waals surface area contributed by atoms with Gasteiger partial charge in [-0.05, 0) is 27.4 Å². The fourth-order valence-electron chi connectivity index (χ4n) is 0.812. The van der Waals surface area contributed by atoms with Crippen LogP contribution in [0.2, 0.25) is 0 Å². The Labute approximate surface area is 102 Å². The minimum atomic E-state index is -3.62. The van der Waals surface area contributed by atoms with Gasteiger partial charge in [0.05, 0.1) is 7.37 Å². The summed E-state index contributed by atoms with van der Waals surface area (Å²) < 4.78 is 21.3. The molecule has 1 unspecified atom stereocenters. The molecule has 74 valence electrons. The van der Waals surface area contributed by atoms with E-state index in [1.165, 1.54) is 6.92 Å². The maximum Gasteiger partial charge on any atom is 1.00 e. The molecule has 13 heavy (non-hydrogen) atoms. The Bertz CT molecular complexity index is 173. The summed E-state index contributed by atoms with van der Waals surface area (Å²) in [5, 5.41) is 0. The molecule has 0 heterocycles. The minimum absolute atomic E-state index is 0. The average molecular weight is 218 g/mol. The second-order valence-electron chi connectivity index (χ2n) is 2.61. The van der Waals surface area contributed by atoms with E-state index in [0.29, 0.717) is 13.2 Å². The van der Waals surface area contributed by atoms with E-state index in [9.17, 15) is 9.46 Å². The average Bonchev–Trinajstić information content (AvgIpc) is 1.86. The zero-order valence-corrected chi connectivity index (χ0v) is 11.9. The Morgan fingerprint density at radius 2 is 1.62 bits per heavy atom. The van der Waals surface area contributed by atoms with Gasteiger partial charge in [-0.1, -0.05) is 0 Å². The predicted octanol–water partition coefficient (Wildman–Crippen LogP) is -1.99. The van der Waals surface area contributed by atoms with Gasteiger partial charge in [-0.15, -0.1) is 0 Å². The Balaban J connectivity index is 0. The Kier molecular flexibility index (Phi) is 8.35. The molecule has 0 fully saturated rings. The topological polar surface area (TPSA) is 58.6 Å². The molecule has 0 aromatic carbocycles. The van der Waals surface area contributed by atoms with Crippen molar-refractivity contribution in [2.75, 3.05) is 19.9 Å². The molecule has 0 aliphatic rings. The molecule has 0 bridgehead atoms. The summed E-state index contributed by atoms with van der Waals surface area (Å²) in [6.07, 6.45) is 0. The van der Waals surface area contributed by atoms with Crippen LogP contribution in [0.5, 0.6) is 0 Å². The summed E-state index contributed by atoms with van der Waals surface area (Å²) in [4.78, 5) is 11.2. The summed E-state index contributed by atoms with van der Waals surface area (Å²) >= 11 is 0. The van der Waals surface area contributed by atoms with Gasteiger partial charge in [0.1, 0.15) is 0 Å². The van der Waals surface area contributed by atoms with Crippen LogP contribution >= 0.6 is 7.37 Å². The van der Waals surface area contributed by atoms with Crippen molar-refractivity contribution < 1.29 is 48.5 Å². The molecule has 6 heteroatoms. The van der Waals surface area contributed by atoms with Crippen molar-refractivity contribution >= 4 is 7.37 Å². The molecule has 0 saturated carbocycles. The first-order valence-corrected chi connectivity index (χ1v) is 6.01. The molecule has 0 aromatic rings. The number of ether oxygens (including phenoxy) is 2. The summed E-state index contributed by atoms with van der Waals surface area (Å²) in [6, 6.07) is 0. The first-order chi connectivity index (χ1) is 5.37. The smallest absolute Gasteiger partial charge is 0.796 e. The van der Waals surface area contributed by atoms with E-state index in [4.69, 9.17) is 9.47 Å². The molecule has 0 aromatic heterocycles. The quantitative estimate of drug-likeness (QED) is 0.304. The molecule has 0 aliphatic heterocycles. The molecule has 0 rings (SSSR count). The van der Waals surface area contributed by atoms with Crippen molar-refractivity contribution in [3.63, 3.8) is 0 Å². The molecular weight excluding hydrogens is 202 g/mol. The molecule has 0 N–H and O–H groups in total.